The first-order valence-electron chi connectivity index (χ1n) is 24.5. The predicted octanol–water partition coefficient (Wildman–Crippen LogP) is 17.7. The van der Waals surface area contributed by atoms with E-state index in [1.54, 1.807) is 0 Å². The molecule has 0 spiro atoms. The third-order valence-corrected chi connectivity index (χ3v) is 13.9. The van der Waals surface area contributed by atoms with Crippen LogP contribution in [0.3, 0.4) is 0 Å². The molecule has 5 heteroatoms. The molecule has 0 bridgehead atoms. The second-order valence-electron chi connectivity index (χ2n) is 23.1. The Bertz CT molecular complexity index is 3350. The van der Waals surface area contributed by atoms with E-state index < -0.39 is 0 Å². The molecule has 348 valence electrons. The minimum Gasteiger partial charge on any atom is -0.457 e. The van der Waals surface area contributed by atoms with Gasteiger partial charge in [0.2, 0.25) is 0 Å². The van der Waals surface area contributed by atoms with Crippen molar-refractivity contribution in [2.75, 3.05) is 16.5 Å². The van der Waals surface area contributed by atoms with Crippen LogP contribution in [0.4, 0.5) is 22.7 Å². The summed E-state index contributed by atoms with van der Waals surface area (Å²) < 4.78 is 9.21. The molecule has 3 heterocycles. The van der Waals surface area contributed by atoms with Crippen LogP contribution in [0.2, 0.25) is 0 Å². The molecule has 10 rings (SSSR count). The number of anilines is 4. The zero-order valence-electron chi connectivity index (χ0n) is 42.6. The molecule has 0 aliphatic carbocycles. The Hall–Kier alpha value is -7.11. The third kappa shape index (κ3) is 8.80. The molecule has 2 aromatic heterocycles. The quantitative estimate of drug-likeness (QED) is 0.160. The van der Waals surface area contributed by atoms with E-state index in [0.29, 0.717) is 6.67 Å². The molecule has 1 aliphatic rings. The van der Waals surface area contributed by atoms with Crippen LogP contribution < -0.4 is 14.5 Å². The van der Waals surface area contributed by atoms with Crippen LogP contribution in [-0.4, -0.2) is 16.2 Å². The zero-order valence-corrected chi connectivity index (χ0v) is 42.6. The zero-order chi connectivity index (χ0) is 48.6. The summed E-state index contributed by atoms with van der Waals surface area (Å²) in [6.07, 6.45) is 1.94. The Labute approximate surface area is 410 Å². The summed E-state index contributed by atoms with van der Waals surface area (Å²) in [4.78, 5) is 9.95. The highest BCUT2D eigenvalue weighted by Crippen LogP contribution is 2.51. The van der Waals surface area contributed by atoms with Gasteiger partial charge in [-0.25, -0.2) is 4.98 Å². The maximum atomic E-state index is 6.91. The first-order valence-corrected chi connectivity index (χ1v) is 24.5. The summed E-state index contributed by atoms with van der Waals surface area (Å²) in [5, 5.41) is 2.32. The van der Waals surface area contributed by atoms with E-state index in [9.17, 15) is 0 Å². The number of ether oxygens (including phenoxy) is 1. The lowest BCUT2D eigenvalue weighted by Crippen LogP contribution is -2.25. The van der Waals surface area contributed by atoms with Crippen molar-refractivity contribution < 1.29 is 4.74 Å². The van der Waals surface area contributed by atoms with E-state index in [1.165, 1.54) is 61.3 Å². The summed E-state index contributed by atoms with van der Waals surface area (Å²) in [7, 11) is 0. The summed E-state index contributed by atoms with van der Waals surface area (Å²) >= 11 is 0. The van der Waals surface area contributed by atoms with E-state index >= 15 is 0 Å². The van der Waals surface area contributed by atoms with E-state index in [0.717, 1.165) is 45.1 Å². The number of aromatic nitrogens is 2. The molecule has 0 amide bonds. The van der Waals surface area contributed by atoms with Crippen LogP contribution in [0.1, 0.15) is 105 Å². The van der Waals surface area contributed by atoms with Gasteiger partial charge in [0.1, 0.15) is 24.0 Å². The average Bonchev–Trinajstić information content (AvgIpc) is 3.87. The van der Waals surface area contributed by atoms with Gasteiger partial charge in [-0.05, 0) is 127 Å². The standard InChI is InChI=1S/C64H66N4O/c1-61(2,3)45-22-16-21-44(33-45)53-25-18-26-57-60(53)67(50-36-47(63(7,8)9)35-48(37-50)64(10,11)12)41-66(57)49-23-17-24-51(39-49)69-52-28-29-54-55-34-43(42-19-14-13-15-20-42)27-30-56(55)68(58(54)40-52)59-38-46(31-32-65-59)62(4,5)6/h13-40H,41H2,1-12H3. The lowest BCUT2D eigenvalue weighted by atomic mass is 9.80. The smallest absolute Gasteiger partial charge is 0.137 e. The van der Waals surface area contributed by atoms with Gasteiger partial charge in [0.15, 0.2) is 0 Å². The molecular formula is C64H66N4O. The van der Waals surface area contributed by atoms with Gasteiger partial charge < -0.3 is 14.5 Å². The van der Waals surface area contributed by atoms with Gasteiger partial charge in [0, 0.05) is 46.0 Å². The number of hydrogen-bond acceptors (Lipinski definition) is 4. The molecule has 5 nitrogen and oxygen atoms in total. The second kappa shape index (κ2) is 16.8. The molecule has 0 fully saturated rings. The molecule has 0 saturated heterocycles. The monoisotopic (exact) mass is 907 g/mol. The summed E-state index contributed by atoms with van der Waals surface area (Å²) in [6, 6.07) is 59.9. The molecule has 0 saturated carbocycles. The van der Waals surface area contributed by atoms with Crippen LogP contribution in [0, 0.1) is 0 Å². The van der Waals surface area contributed by atoms with Crippen LogP contribution in [0.5, 0.6) is 11.5 Å². The summed E-state index contributed by atoms with van der Waals surface area (Å²) in [5.74, 6) is 2.42. The first kappa shape index (κ1) is 45.7. The van der Waals surface area contributed by atoms with Gasteiger partial charge in [0.25, 0.3) is 0 Å². The van der Waals surface area contributed by atoms with E-state index in [2.05, 4.69) is 261 Å². The minimum absolute atomic E-state index is 0.0179. The fraction of sp³-hybridized carbons (Fsp3) is 0.266. The van der Waals surface area contributed by atoms with Crippen molar-refractivity contribution in [3.05, 3.63) is 192 Å². The molecule has 0 radical (unpaired) electrons. The van der Waals surface area contributed by atoms with Gasteiger partial charge in [-0.2, -0.15) is 0 Å². The lowest BCUT2D eigenvalue weighted by Gasteiger charge is -2.30. The highest BCUT2D eigenvalue weighted by molar-refractivity contribution is 6.10. The maximum Gasteiger partial charge on any atom is 0.137 e. The number of para-hydroxylation sites is 1. The topological polar surface area (TPSA) is 33.5 Å². The second-order valence-corrected chi connectivity index (χ2v) is 23.1. The largest absolute Gasteiger partial charge is 0.457 e. The predicted molar refractivity (Wildman–Crippen MR) is 293 cm³/mol. The molecular weight excluding hydrogens is 841 g/mol. The highest BCUT2D eigenvalue weighted by Gasteiger charge is 2.33. The lowest BCUT2D eigenvalue weighted by molar-refractivity contribution is 0.483. The number of hydrogen-bond donors (Lipinski definition) is 0. The number of nitrogens with zero attached hydrogens (tertiary/aromatic N) is 4. The maximum absolute atomic E-state index is 6.91. The normalized spacial score (nSPS) is 13.4. The van der Waals surface area contributed by atoms with E-state index in [4.69, 9.17) is 9.72 Å². The first-order chi connectivity index (χ1) is 32.7. The van der Waals surface area contributed by atoms with E-state index in [1.807, 2.05) is 6.20 Å². The fourth-order valence-electron chi connectivity index (χ4n) is 9.75. The van der Waals surface area contributed by atoms with Gasteiger partial charge in [-0.3, -0.25) is 4.57 Å². The van der Waals surface area contributed by atoms with Crippen molar-refractivity contribution in [1.82, 2.24) is 9.55 Å². The van der Waals surface area contributed by atoms with E-state index in [-0.39, 0.29) is 21.7 Å². The van der Waals surface area contributed by atoms with Crippen LogP contribution in [0.15, 0.2) is 170 Å². The van der Waals surface area contributed by atoms with Crippen molar-refractivity contribution in [2.24, 2.45) is 0 Å². The number of fused-ring (bicyclic) bond motifs is 4. The van der Waals surface area contributed by atoms with Crippen LogP contribution >= 0.6 is 0 Å². The SMILES string of the molecule is CC(C)(C)c1cccc(-c2cccc3c2N(c2cc(C(C)(C)C)cc(C(C)(C)C)c2)CN3c2cccc(Oc3ccc4c5cc(-c6ccccc6)ccc5n(-c5cc(C(C)(C)C)ccn5)c4c3)c2)c1. The summed E-state index contributed by atoms with van der Waals surface area (Å²) in [6.45, 7) is 28.2. The molecule has 9 aromatic rings. The Kier molecular flexibility index (Phi) is 11.1. The Balaban J connectivity index is 1.08. The van der Waals surface area contributed by atoms with Gasteiger partial charge in [-0.1, -0.05) is 168 Å². The van der Waals surface area contributed by atoms with Gasteiger partial charge >= 0.3 is 0 Å². The highest BCUT2D eigenvalue weighted by atomic mass is 16.5. The van der Waals surface area contributed by atoms with Crippen molar-refractivity contribution in [3.8, 4) is 39.6 Å². The number of benzene rings is 7. The van der Waals surface area contributed by atoms with Crippen molar-refractivity contribution >= 4 is 44.6 Å². The van der Waals surface area contributed by atoms with Crippen molar-refractivity contribution in [1.29, 1.82) is 0 Å². The molecule has 0 atom stereocenters. The fourth-order valence-corrected chi connectivity index (χ4v) is 9.75. The van der Waals surface area contributed by atoms with Crippen molar-refractivity contribution in [2.45, 2.75) is 105 Å². The Morgan fingerprint density at radius 1 is 0.420 bits per heavy atom. The van der Waals surface area contributed by atoms with Gasteiger partial charge in [0.05, 0.1) is 22.4 Å². The third-order valence-electron chi connectivity index (χ3n) is 13.9. The minimum atomic E-state index is -0.0339. The number of pyridine rings is 1. The van der Waals surface area contributed by atoms with Gasteiger partial charge in [-0.15, -0.1) is 0 Å². The Morgan fingerprint density at radius 3 is 1.78 bits per heavy atom. The molecule has 69 heavy (non-hydrogen) atoms. The molecule has 1 aliphatic heterocycles. The Morgan fingerprint density at radius 2 is 1.07 bits per heavy atom. The van der Waals surface area contributed by atoms with Crippen molar-refractivity contribution in [3.63, 3.8) is 0 Å². The van der Waals surface area contributed by atoms with Crippen LogP contribution in [-0.2, 0) is 21.7 Å². The summed E-state index contributed by atoms with van der Waals surface area (Å²) in [5.41, 5.74) is 16.7. The molecule has 7 aromatic carbocycles. The van der Waals surface area contributed by atoms with Crippen LogP contribution in [0.25, 0.3) is 49.9 Å². The molecule has 0 unspecified atom stereocenters. The average molecular weight is 907 g/mol. The molecule has 0 N–H and O–H groups in total. The number of rotatable bonds is 7.